The number of nitrogens with zero attached hydrogens (tertiary/aromatic N) is 3. The van der Waals surface area contributed by atoms with Crippen LogP contribution in [0.3, 0.4) is 0 Å². The minimum absolute atomic E-state index is 0.174. The van der Waals surface area contributed by atoms with Crippen molar-refractivity contribution in [1.82, 2.24) is 14.8 Å². The number of hydrogen-bond acceptors (Lipinski definition) is 4. The summed E-state index contributed by atoms with van der Waals surface area (Å²) >= 11 is 3.38. The van der Waals surface area contributed by atoms with E-state index in [1.54, 1.807) is 23.9 Å². The molecule has 0 aliphatic heterocycles. The van der Waals surface area contributed by atoms with E-state index in [1.165, 1.54) is 0 Å². The van der Waals surface area contributed by atoms with Gasteiger partial charge in [-0.25, -0.2) is 4.68 Å². The summed E-state index contributed by atoms with van der Waals surface area (Å²) in [6, 6.07) is 23.0. The summed E-state index contributed by atoms with van der Waals surface area (Å²) in [5, 5.41) is 7.36. The number of anilines is 1. The molecule has 4 aromatic rings. The summed E-state index contributed by atoms with van der Waals surface area (Å²) < 4.78 is 7.84. The Morgan fingerprint density at radius 1 is 1.03 bits per heavy atom. The van der Waals surface area contributed by atoms with Crippen LogP contribution in [-0.4, -0.2) is 27.8 Å². The summed E-state index contributed by atoms with van der Waals surface area (Å²) in [6.07, 6.45) is 0. The first kappa shape index (κ1) is 19.8. The van der Waals surface area contributed by atoms with Gasteiger partial charge in [-0.05, 0) is 55.0 Å². The molecule has 7 heteroatoms. The first-order chi connectivity index (χ1) is 14.5. The van der Waals surface area contributed by atoms with Gasteiger partial charge in [0.2, 0.25) is 0 Å². The lowest BCUT2D eigenvalue weighted by Crippen LogP contribution is -2.11. The van der Waals surface area contributed by atoms with E-state index in [2.05, 4.69) is 31.3 Å². The quantitative estimate of drug-likeness (QED) is 0.438. The van der Waals surface area contributed by atoms with E-state index in [9.17, 15) is 4.79 Å². The van der Waals surface area contributed by atoms with Crippen molar-refractivity contribution >= 4 is 27.5 Å². The number of nitrogens with one attached hydrogen (secondary N) is 1. The van der Waals surface area contributed by atoms with E-state index in [4.69, 9.17) is 4.74 Å². The molecule has 4 rings (SSSR count). The zero-order chi connectivity index (χ0) is 21.1. The average Bonchev–Trinajstić information content (AvgIpc) is 3.19. The van der Waals surface area contributed by atoms with Crippen LogP contribution < -0.4 is 10.1 Å². The fourth-order valence-corrected chi connectivity index (χ4v) is 3.48. The molecule has 150 valence electrons. The van der Waals surface area contributed by atoms with E-state index in [0.717, 1.165) is 21.3 Å². The maximum absolute atomic E-state index is 12.5. The van der Waals surface area contributed by atoms with Crippen LogP contribution in [0, 0.1) is 6.92 Å². The number of carbonyl (C=O) groups is 1. The number of benzene rings is 3. The molecule has 0 fully saturated rings. The molecular weight excluding hydrogens is 444 g/mol. The number of carbonyl (C=O) groups excluding carboxylic acids is 1. The second-order valence-corrected chi connectivity index (χ2v) is 7.58. The highest BCUT2D eigenvalue weighted by molar-refractivity contribution is 9.10. The lowest BCUT2D eigenvalue weighted by Gasteiger charge is -2.10. The third-order valence-corrected chi connectivity index (χ3v) is 5.11. The highest BCUT2D eigenvalue weighted by atomic mass is 79.9. The Labute approximate surface area is 182 Å². The molecule has 6 nitrogen and oxygen atoms in total. The Bertz CT molecular complexity index is 1200. The van der Waals surface area contributed by atoms with Gasteiger partial charge >= 0.3 is 6.01 Å². The van der Waals surface area contributed by atoms with Crippen molar-refractivity contribution in [3.05, 3.63) is 88.4 Å². The fraction of sp³-hybridized carbons (Fsp3) is 0.0870. The summed E-state index contributed by atoms with van der Waals surface area (Å²) in [4.78, 5) is 17.0. The van der Waals surface area contributed by atoms with Gasteiger partial charge in [0.1, 0.15) is 0 Å². The van der Waals surface area contributed by atoms with Gasteiger partial charge in [0.15, 0.2) is 5.82 Å². The standard InChI is InChI=1S/C23H19BrN4O2/c1-15-6-3-4-9-20(15)21-26-23(30-2)27-28(21)19-12-10-18(11-13-19)25-22(29)16-7-5-8-17(24)14-16/h3-14H,1-2H3,(H,25,29). The number of halogens is 1. The van der Waals surface area contributed by atoms with Crippen molar-refractivity contribution in [3.63, 3.8) is 0 Å². The van der Waals surface area contributed by atoms with Crippen LogP contribution in [0.2, 0.25) is 0 Å². The number of ether oxygens (including phenoxy) is 1. The Morgan fingerprint density at radius 3 is 2.50 bits per heavy atom. The summed E-state index contributed by atoms with van der Waals surface area (Å²) in [5.74, 6) is 0.517. The maximum Gasteiger partial charge on any atom is 0.336 e. The minimum atomic E-state index is -0.174. The van der Waals surface area contributed by atoms with E-state index in [0.29, 0.717) is 23.1 Å². The van der Waals surface area contributed by atoms with Crippen molar-refractivity contribution in [2.24, 2.45) is 0 Å². The van der Waals surface area contributed by atoms with Crippen LogP contribution in [0.5, 0.6) is 6.01 Å². The number of methoxy groups -OCH3 is 1. The van der Waals surface area contributed by atoms with Crippen LogP contribution >= 0.6 is 15.9 Å². The third-order valence-electron chi connectivity index (χ3n) is 4.61. The average molecular weight is 463 g/mol. The van der Waals surface area contributed by atoms with Crippen LogP contribution in [0.15, 0.2) is 77.3 Å². The maximum atomic E-state index is 12.5. The Balaban J connectivity index is 1.62. The Morgan fingerprint density at radius 2 is 1.80 bits per heavy atom. The molecule has 30 heavy (non-hydrogen) atoms. The molecule has 1 heterocycles. The van der Waals surface area contributed by atoms with Crippen molar-refractivity contribution in [1.29, 1.82) is 0 Å². The van der Waals surface area contributed by atoms with E-state index in [-0.39, 0.29) is 5.91 Å². The molecular formula is C23H19BrN4O2. The second-order valence-electron chi connectivity index (χ2n) is 6.66. The van der Waals surface area contributed by atoms with Crippen LogP contribution in [-0.2, 0) is 0 Å². The van der Waals surface area contributed by atoms with Crippen molar-refractivity contribution in [2.75, 3.05) is 12.4 Å². The second kappa shape index (κ2) is 8.51. The number of amides is 1. The van der Waals surface area contributed by atoms with E-state index in [1.807, 2.05) is 67.6 Å². The zero-order valence-electron chi connectivity index (χ0n) is 16.5. The normalized spacial score (nSPS) is 10.6. The van der Waals surface area contributed by atoms with Crippen LogP contribution in [0.1, 0.15) is 15.9 Å². The molecule has 0 bridgehead atoms. The van der Waals surface area contributed by atoms with Crippen molar-refractivity contribution in [3.8, 4) is 23.1 Å². The monoisotopic (exact) mass is 462 g/mol. The highest BCUT2D eigenvalue weighted by Gasteiger charge is 2.16. The lowest BCUT2D eigenvalue weighted by atomic mass is 10.1. The molecule has 0 atom stereocenters. The fourth-order valence-electron chi connectivity index (χ4n) is 3.08. The highest BCUT2D eigenvalue weighted by Crippen LogP contribution is 2.26. The molecule has 0 radical (unpaired) electrons. The Hall–Kier alpha value is -3.45. The van der Waals surface area contributed by atoms with Crippen molar-refractivity contribution < 1.29 is 9.53 Å². The van der Waals surface area contributed by atoms with Gasteiger partial charge < -0.3 is 10.1 Å². The van der Waals surface area contributed by atoms with Gasteiger partial charge in [0.25, 0.3) is 5.91 Å². The number of hydrogen-bond donors (Lipinski definition) is 1. The first-order valence-corrected chi connectivity index (χ1v) is 10.1. The lowest BCUT2D eigenvalue weighted by molar-refractivity contribution is 0.102. The van der Waals surface area contributed by atoms with Crippen LogP contribution in [0.4, 0.5) is 5.69 Å². The molecule has 1 amide bonds. The summed E-state index contributed by atoms with van der Waals surface area (Å²) in [6.45, 7) is 2.03. The van der Waals surface area contributed by atoms with Gasteiger partial charge in [-0.2, -0.15) is 4.98 Å². The smallest absolute Gasteiger partial charge is 0.336 e. The number of aromatic nitrogens is 3. The van der Waals surface area contributed by atoms with Gasteiger partial charge in [-0.15, -0.1) is 5.10 Å². The van der Waals surface area contributed by atoms with Gasteiger partial charge in [0.05, 0.1) is 12.8 Å². The van der Waals surface area contributed by atoms with Gasteiger partial charge in [-0.1, -0.05) is 46.3 Å². The molecule has 0 spiro atoms. The van der Waals surface area contributed by atoms with E-state index >= 15 is 0 Å². The molecule has 0 saturated carbocycles. The largest absolute Gasteiger partial charge is 0.466 e. The molecule has 1 N–H and O–H groups in total. The van der Waals surface area contributed by atoms with Gasteiger partial charge in [0, 0.05) is 21.3 Å². The third kappa shape index (κ3) is 4.11. The number of aryl methyl sites for hydroxylation is 1. The van der Waals surface area contributed by atoms with Crippen molar-refractivity contribution in [2.45, 2.75) is 6.92 Å². The Kier molecular flexibility index (Phi) is 5.63. The molecule has 0 unspecified atom stereocenters. The molecule has 0 aliphatic rings. The van der Waals surface area contributed by atoms with Crippen LogP contribution in [0.25, 0.3) is 17.1 Å². The molecule has 0 saturated heterocycles. The summed E-state index contributed by atoms with van der Waals surface area (Å²) in [7, 11) is 1.54. The predicted octanol–water partition coefficient (Wildman–Crippen LogP) is 5.27. The van der Waals surface area contributed by atoms with E-state index < -0.39 is 0 Å². The molecule has 1 aromatic heterocycles. The zero-order valence-corrected chi connectivity index (χ0v) is 18.1. The van der Waals surface area contributed by atoms with Gasteiger partial charge in [-0.3, -0.25) is 4.79 Å². The predicted molar refractivity (Wildman–Crippen MR) is 120 cm³/mol. The molecule has 3 aromatic carbocycles. The minimum Gasteiger partial charge on any atom is -0.466 e. The topological polar surface area (TPSA) is 69.0 Å². The number of rotatable bonds is 5. The summed E-state index contributed by atoms with van der Waals surface area (Å²) in [5.41, 5.74) is 4.14. The first-order valence-electron chi connectivity index (χ1n) is 9.29. The SMILES string of the molecule is COc1nc(-c2ccccc2C)n(-c2ccc(NC(=O)c3cccc(Br)c3)cc2)n1. The molecule has 0 aliphatic carbocycles.